The van der Waals surface area contributed by atoms with Crippen molar-refractivity contribution in [1.82, 2.24) is 25.2 Å². The highest BCUT2D eigenvalue weighted by Crippen LogP contribution is 2.19. The minimum absolute atomic E-state index is 0.384. The lowest BCUT2D eigenvalue weighted by molar-refractivity contribution is 0.718. The predicted molar refractivity (Wildman–Crippen MR) is 72.1 cm³/mol. The molecule has 0 N–H and O–H groups in total. The van der Waals surface area contributed by atoms with Crippen molar-refractivity contribution in [3.63, 3.8) is 0 Å². The van der Waals surface area contributed by atoms with Gasteiger partial charge in [-0.15, -0.1) is 15.0 Å². The summed E-state index contributed by atoms with van der Waals surface area (Å²) in [5.41, 5.74) is 1.51. The van der Waals surface area contributed by atoms with Gasteiger partial charge in [0.25, 0.3) is 0 Å². The van der Waals surface area contributed by atoms with E-state index in [9.17, 15) is 0 Å². The fraction of sp³-hybridized carbons (Fsp3) is 0. The molecule has 1 aromatic carbocycles. The maximum Gasteiger partial charge on any atom is 0.223 e. The number of benzene rings is 1. The second kappa shape index (κ2) is 5.07. The fourth-order valence-electron chi connectivity index (χ4n) is 1.68. The Bertz CT molecular complexity index is 790. The van der Waals surface area contributed by atoms with Gasteiger partial charge in [-0.3, -0.25) is 4.98 Å². The highest BCUT2D eigenvalue weighted by Gasteiger charge is 2.11. The lowest BCUT2D eigenvalue weighted by Crippen LogP contribution is -2.02. The third-order valence-electron chi connectivity index (χ3n) is 2.60. The van der Waals surface area contributed by atoms with Crippen molar-refractivity contribution >= 4 is 11.6 Å². The van der Waals surface area contributed by atoms with Gasteiger partial charge in [-0.25, -0.2) is 0 Å². The number of halogens is 1. The summed E-state index contributed by atoms with van der Waals surface area (Å²) in [6, 6.07) is 12.4. The van der Waals surface area contributed by atoms with Crippen LogP contribution in [0.5, 0.6) is 0 Å². The van der Waals surface area contributed by atoms with E-state index in [1.54, 1.807) is 36.5 Å². The van der Waals surface area contributed by atoms with Crippen LogP contribution in [-0.2, 0) is 0 Å². The Morgan fingerprint density at radius 3 is 2.85 bits per heavy atom. The highest BCUT2D eigenvalue weighted by atomic mass is 35.5. The molecular formula is C13H7ClN6. The quantitative estimate of drug-likeness (QED) is 0.720. The molecule has 0 aliphatic carbocycles. The average molecular weight is 283 g/mol. The van der Waals surface area contributed by atoms with Gasteiger partial charge in [0.15, 0.2) is 0 Å². The maximum atomic E-state index is 9.10. The molecule has 0 saturated heterocycles. The van der Waals surface area contributed by atoms with E-state index in [1.165, 1.54) is 4.80 Å². The number of hydrogen-bond acceptors (Lipinski definition) is 5. The molecule has 0 fully saturated rings. The summed E-state index contributed by atoms with van der Waals surface area (Å²) in [6.45, 7) is 0. The van der Waals surface area contributed by atoms with E-state index in [-0.39, 0.29) is 0 Å². The van der Waals surface area contributed by atoms with Crippen LogP contribution in [0.25, 0.3) is 17.2 Å². The molecule has 20 heavy (non-hydrogen) atoms. The number of nitrogens with zero attached hydrogens (tertiary/aromatic N) is 6. The predicted octanol–water partition coefficient (Wildman–Crippen LogP) is 2.25. The first kappa shape index (κ1) is 12.3. The number of pyridine rings is 1. The molecule has 7 heteroatoms. The molecule has 2 aromatic heterocycles. The minimum Gasteiger partial charge on any atom is -0.253 e. The molecule has 2 heterocycles. The summed E-state index contributed by atoms with van der Waals surface area (Å²) in [5, 5.41) is 21.7. The van der Waals surface area contributed by atoms with Crippen LogP contribution in [0.15, 0.2) is 42.6 Å². The first-order valence-electron chi connectivity index (χ1n) is 5.69. The maximum absolute atomic E-state index is 9.10. The Kier molecular flexibility index (Phi) is 3.11. The van der Waals surface area contributed by atoms with Gasteiger partial charge in [0.2, 0.25) is 5.82 Å². The van der Waals surface area contributed by atoms with Crippen molar-refractivity contribution in [3.05, 3.63) is 53.2 Å². The third kappa shape index (κ3) is 2.22. The van der Waals surface area contributed by atoms with E-state index in [1.807, 2.05) is 6.07 Å². The molecule has 0 aliphatic rings. The first-order valence-corrected chi connectivity index (χ1v) is 6.07. The zero-order valence-electron chi connectivity index (χ0n) is 10.1. The van der Waals surface area contributed by atoms with Crippen LogP contribution in [0.4, 0.5) is 0 Å². The summed E-state index contributed by atoms with van der Waals surface area (Å²) in [5.74, 6) is 0.384. The van der Waals surface area contributed by atoms with E-state index in [2.05, 4.69) is 26.5 Å². The topological polar surface area (TPSA) is 80.3 Å². The number of nitriles is 1. The van der Waals surface area contributed by atoms with Gasteiger partial charge in [0.05, 0.1) is 5.56 Å². The van der Waals surface area contributed by atoms with Crippen LogP contribution in [-0.4, -0.2) is 25.2 Å². The number of aromatic nitrogens is 5. The monoisotopic (exact) mass is 282 g/mol. The summed E-state index contributed by atoms with van der Waals surface area (Å²) in [7, 11) is 0. The van der Waals surface area contributed by atoms with Crippen LogP contribution >= 0.6 is 11.6 Å². The van der Waals surface area contributed by atoms with E-state index in [0.29, 0.717) is 27.8 Å². The van der Waals surface area contributed by atoms with Gasteiger partial charge < -0.3 is 0 Å². The van der Waals surface area contributed by atoms with Gasteiger partial charge in [0.1, 0.15) is 17.5 Å². The van der Waals surface area contributed by atoms with Crippen molar-refractivity contribution in [3.8, 4) is 23.3 Å². The second-order valence-corrected chi connectivity index (χ2v) is 4.33. The lowest BCUT2D eigenvalue weighted by atomic mass is 10.2. The van der Waals surface area contributed by atoms with E-state index in [4.69, 9.17) is 16.9 Å². The van der Waals surface area contributed by atoms with Crippen LogP contribution in [0.1, 0.15) is 5.56 Å². The molecule has 0 bridgehead atoms. The van der Waals surface area contributed by atoms with Gasteiger partial charge in [-0.2, -0.15) is 5.26 Å². The molecule has 0 unspecified atom stereocenters. The van der Waals surface area contributed by atoms with Crippen molar-refractivity contribution in [1.29, 1.82) is 5.26 Å². The van der Waals surface area contributed by atoms with Crippen LogP contribution in [0, 0.1) is 11.3 Å². The Hall–Kier alpha value is -2.78. The van der Waals surface area contributed by atoms with E-state index >= 15 is 0 Å². The smallest absolute Gasteiger partial charge is 0.223 e. The molecule has 0 spiro atoms. The summed E-state index contributed by atoms with van der Waals surface area (Å²) < 4.78 is 0. The third-order valence-corrected chi connectivity index (χ3v) is 2.84. The Labute approximate surface area is 119 Å². The molecule has 96 valence electrons. The van der Waals surface area contributed by atoms with Crippen LogP contribution in [0.3, 0.4) is 0 Å². The second-order valence-electron chi connectivity index (χ2n) is 3.89. The Balaban J connectivity index is 2.07. The largest absolute Gasteiger partial charge is 0.253 e. The molecule has 0 amide bonds. The standard InChI is InChI=1S/C13H7ClN6/c14-10-5-4-9(8-15)12(7-10)20-18-13(17-19-20)11-3-1-2-6-16-11/h1-7H. The number of rotatable bonds is 2. The average Bonchev–Trinajstić information content (AvgIpc) is 2.98. The van der Waals surface area contributed by atoms with Crippen molar-refractivity contribution in [2.24, 2.45) is 0 Å². The highest BCUT2D eigenvalue weighted by molar-refractivity contribution is 6.30. The van der Waals surface area contributed by atoms with E-state index in [0.717, 1.165) is 0 Å². The van der Waals surface area contributed by atoms with Crippen molar-refractivity contribution < 1.29 is 0 Å². The molecule has 3 aromatic rings. The van der Waals surface area contributed by atoms with Gasteiger partial charge in [-0.1, -0.05) is 17.7 Å². The molecule has 0 radical (unpaired) electrons. The van der Waals surface area contributed by atoms with Gasteiger partial charge >= 0.3 is 0 Å². The zero-order chi connectivity index (χ0) is 13.9. The summed E-state index contributed by atoms with van der Waals surface area (Å²) >= 11 is 5.94. The molecule has 6 nitrogen and oxygen atoms in total. The summed E-state index contributed by atoms with van der Waals surface area (Å²) in [4.78, 5) is 5.42. The van der Waals surface area contributed by atoms with E-state index < -0.39 is 0 Å². The first-order chi connectivity index (χ1) is 9.78. The lowest BCUT2D eigenvalue weighted by Gasteiger charge is -2.01. The van der Waals surface area contributed by atoms with Crippen LogP contribution < -0.4 is 0 Å². The Morgan fingerprint density at radius 2 is 2.10 bits per heavy atom. The molecule has 0 atom stereocenters. The van der Waals surface area contributed by atoms with Crippen molar-refractivity contribution in [2.75, 3.05) is 0 Å². The number of tetrazole rings is 1. The fourth-order valence-corrected chi connectivity index (χ4v) is 1.85. The Morgan fingerprint density at radius 1 is 1.20 bits per heavy atom. The van der Waals surface area contributed by atoms with Gasteiger partial charge in [-0.05, 0) is 35.5 Å². The molecule has 0 saturated carbocycles. The number of hydrogen-bond donors (Lipinski definition) is 0. The van der Waals surface area contributed by atoms with Gasteiger partial charge in [0, 0.05) is 11.2 Å². The SMILES string of the molecule is N#Cc1ccc(Cl)cc1-n1nnc(-c2ccccn2)n1. The molecule has 3 rings (SSSR count). The molecular weight excluding hydrogens is 276 g/mol. The van der Waals surface area contributed by atoms with Crippen molar-refractivity contribution in [2.45, 2.75) is 0 Å². The normalized spacial score (nSPS) is 10.2. The molecule has 0 aliphatic heterocycles. The van der Waals surface area contributed by atoms with Crippen LogP contribution in [0.2, 0.25) is 5.02 Å². The zero-order valence-corrected chi connectivity index (χ0v) is 10.9. The summed E-state index contributed by atoms with van der Waals surface area (Å²) in [6.07, 6.45) is 1.65. The minimum atomic E-state index is 0.384.